The van der Waals surface area contributed by atoms with Gasteiger partial charge in [0.1, 0.15) is 5.52 Å². The van der Waals surface area contributed by atoms with Gasteiger partial charge in [0, 0.05) is 0 Å². The molecule has 2 rings (SSSR count). The summed E-state index contributed by atoms with van der Waals surface area (Å²) in [6.07, 6.45) is 0.632. The second-order valence-electron chi connectivity index (χ2n) is 4.95. The van der Waals surface area contributed by atoms with Gasteiger partial charge in [-0.05, 0) is 24.5 Å². The van der Waals surface area contributed by atoms with Gasteiger partial charge in [-0.1, -0.05) is 31.5 Å². The van der Waals surface area contributed by atoms with Crippen molar-refractivity contribution in [2.75, 3.05) is 5.32 Å². The fourth-order valence-electron chi connectivity index (χ4n) is 1.88. The number of carbonyl (C=O) groups excluding carboxylic acids is 1. The summed E-state index contributed by atoms with van der Waals surface area (Å²) in [5, 5.41) is 3.22. The van der Waals surface area contributed by atoms with Gasteiger partial charge in [-0.15, -0.1) is 0 Å². The monoisotopic (exact) mass is 280 g/mol. The summed E-state index contributed by atoms with van der Waals surface area (Å²) in [5.74, 6) is 0.488. The number of nitrogens with zero attached hydrogens (tertiary/aromatic N) is 1. The number of imidazole rings is 1. The minimum Gasteiger partial charge on any atom is -0.324 e. The molecule has 1 atom stereocenters. The van der Waals surface area contributed by atoms with Crippen LogP contribution in [0.15, 0.2) is 18.2 Å². The predicted octanol–water partition coefficient (Wildman–Crippen LogP) is 2.53. The molecular formula is C13H17ClN4O. The number of para-hydroxylation sites is 1. The first kappa shape index (κ1) is 13.8. The van der Waals surface area contributed by atoms with Crippen molar-refractivity contribution in [1.29, 1.82) is 0 Å². The first-order valence-electron chi connectivity index (χ1n) is 6.18. The van der Waals surface area contributed by atoms with Gasteiger partial charge in [0.25, 0.3) is 0 Å². The number of anilines is 1. The van der Waals surface area contributed by atoms with E-state index in [2.05, 4.69) is 15.3 Å². The van der Waals surface area contributed by atoms with Gasteiger partial charge >= 0.3 is 0 Å². The van der Waals surface area contributed by atoms with Crippen LogP contribution in [-0.4, -0.2) is 21.9 Å². The van der Waals surface area contributed by atoms with Crippen molar-refractivity contribution in [3.63, 3.8) is 0 Å². The molecule has 0 unspecified atom stereocenters. The molecule has 1 aromatic heterocycles. The van der Waals surface area contributed by atoms with Gasteiger partial charge in [-0.2, -0.15) is 0 Å². The highest BCUT2D eigenvalue weighted by atomic mass is 35.5. The van der Waals surface area contributed by atoms with Crippen LogP contribution in [0.3, 0.4) is 0 Å². The molecule has 0 bridgehead atoms. The van der Waals surface area contributed by atoms with E-state index < -0.39 is 6.04 Å². The zero-order valence-electron chi connectivity index (χ0n) is 10.9. The number of amides is 1. The molecule has 2 aromatic rings. The number of nitrogens with one attached hydrogen (secondary N) is 2. The number of halogens is 1. The van der Waals surface area contributed by atoms with Crippen molar-refractivity contribution in [1.82, 2.24) is 9.97 Å². The number of H-pyrrole nitrogens is 1. The molecule has 4 N–H and O–H groups in total. The molecule has 102 valence electrons. The summed E-state index contributed by atoms with van der Waals surface area (Å²) >= 11 is 6.02. The Hall–Kier alpha value is -1.59. The Morgan fingerprint density at radius 3 is 2.89 bits per heavy atom. The van der Waals surface area contributed by atoms with E-state index in [9.17, 15) is 4.79 Å². The third-order valence-corrected chi connectivity index (χ3v) is 3.07. The summed E-state index contributed by atoms with van der Waals surface area (Å²) in [5.41, 5.74) is 7.22. The van der Waals surface area contributed by atoms with Gasteiger partial charge in [0.2, 0.25) is 11.9 Å². The fraction of sp³-hybridized carbons (Fsp3) is 0.385. The Bertz CT molecular complexity index is 593. The molecule has 1 amide bonds. The van der Waals surface area contributed by atoms with E-state index in [4.69, 9.17) is 17.3 Å². The van der Waals surface area contributed by atoms with Crippen LogP contribution in [0.5, 0.6) is 0 Å². The standard InChI is InChI=1S/C13H17ClN4O/c1-7(2)6-9(15)12(19)18-13-16-10-5-3-4-8(14)11(10)17-13/h3-5,7,9H,6,15H2,1-2H3,(H2,16,17,18,19)/t9-/m0/s1. The lowest BCUT2D eigenvalue weighted by molar-refractivity contribution is -0.117. The van der Waals surface area contributed by atoms with E-state index >= 15 is 0 Å². The Labute approximate surface area is 116 Å². The van der Waals surface area contributed by atoms with Crippen LogP contribution in [0.25, 0.3) is 11.0 Å². The minimum atomic E-state index is -0.538. The molecule has 0 spiro atoms. The maximum Gasteiger partial charge on any atom is 0.243 e. The van der Waals surface area contributed by atoms with Crippen LogP contribution in [-0.2, 0) is 4.79 Å². The number of hydrogen-bond donors (Lipinski definition) is 3. The van der Waals surface area contributed by atoms with Crippen LogP contribution in [0.1, 0.15) is 20.3 Å². The number of nitrogens with two attached hydrogens (primary N) is 1. The maximum atomic E-state index is 11.9. The fourth-order valence-corrected chi connectivity index (χ4v) is 2.10. The summed E-state index contributed by atoms with van der Waals surface area (Å²) in [4.78, 5) is 19.1. The van der Waals surface area contributed by atoms with Crippen LogP contribution in [0.2, 0.25) is 5.02 Å². The largest absolute Gasteiger partial charge is 0.324 e. The molecule has 0 fully saturated rings. The van der Waals surface area contributed by atoms with Crippen molar-refractivity contribution in [2.45, 2.75) is 26.3 Å². The molecule has 0 aliphatic rings. The van der Waals surface area contributed by atoms with Gasteiger partial charge in [0.05, 0.1) is 16.6 Å². The lowest BCUT2D eigenvalue weighted by Gasteiger charge is -2.12. The first-order chi connectivity index (χ1) is 8.97. The van der Waals surface area contributed by atoms with Crippen LogP contribution < -0.4 is 11.1 Å². The number of aromatic nitrogens is 2. The molecular weight excluding hydrogens is 264 g/mol. The third-order valence-electron chi connectivity index (χ3n) is 2.77. The van der Waals surface area contributed by atoms with Crippen molar-refractivity contribution >= 4 is 34.5 Å². The van der Waals surface area contributed by atoms with E-state index in [1.165, 1.54) is 0 Å². The zero-order valence-corrected chi connectivity index (χ0v) is 11.7. The Morgan fingerprint density at radius 2 is 2.26 bits per heavy atom. The molecule has 0 aliphatic carbocycles. The molecule has 0 saturated heterocycles. The SMILES string of the molecule is CC(C)C[C@H](N)C(=O)Nc1nc2c(Cl)cccc2[nH]1. The van der Waals surface area contributed by atoms with E-state index in [1.54, 1.807) is 6.07 Å². The summed E-state index contributed by atoms with van der Waals surface area (Å²) < 4.78 is 0. The van der Waals surface area contributed by atoms with E-state index in [1.807, 2.05) is 26.0 Å². The highest BCUT2D eigenvalue weighted by Gasteiger charge is 2.16. The average Bonchev–Trinajstić information content (AvgIpc) is 2.72. The number of rotatable bonds is 4. The molecule has 5 nitrogen and oxygen atoms in total. The average molecular weight is 281 g/mol. The number of benzene rings is 1. The molecule has 1 heterocycles. The predicted molar refractivity (Wildman–Crippen MR) is 77.2 cm³/mol. The van der Waals surface area contributed by atoms with Crippen LogP contribution in [0, 0.1) is 5.92 Å². The minimum absolute atomic E-state index is 0.246. The normalized spacial score (nSPS) is 12.9. The van der Waals surface area contributed by atoms with Gasteiger partial charge in [-0.3, -0.25) is 10.1 Å². The second-order valence-corrected chi connectivity index (χ2v) is 5.35. The Kier molecular flexibility index (Phi) is 4.07. The summed E-state index contributed by atoms with van der Waals surface area (Å²) in [7, 11) is 0. The number of hydrogen-bond acceptors (Lipinski definition) is 3. The van der Waals surface area contributed by atoms with Crippen molar-refractivity contribution in [3.05, 3.63) is 23.2 Å². The first-order valence-corrected chi connectivity index (χ1v) is 6.56. The van der Waals surface area contributed by atoms with Gasteiger partial charge < -0.3 is 10.7 Å². The van der Waals surface area contributed by atoms with E-state index in [-0.39, 0.29) is 5.91 Å². The topological polar surface area (TPSA) is 83.8 Å². The zero-order chi connectivity index (χ0) is 14.0. The number of carbonyl (C=O) groups is 1. The van der Waals surface area contributed by atoms with Crippen molar-refractivity contribution in [2.24, 2.45) is 11.7 Å². The van der Waals surface area contributed by atoms with E-state index in [0.29, 0.717) is 28.8 Å². The van der Waals surface area contributed by atoms with Crippen molar-refractivity contribution in [3.8, 4) is 0 Å². The van der Waals surface area contributed by atoms with Crippen LogP contribution >= 0.6 is 11.6 Å². The van der Waals surface area contributed by atoms with Crippen molar-refractivity contribution < 1.29 is 4.79 Å². The molecule has 6 heteroatoms. The molecule has 0 saturated carbocycles. The lowest BCUT2D eigenvalue weighted by atomic mass is 10.0. The summed E-state index contributed by atoms with van der Waals surface area (Å²) in [6, 6.07) is 4.88. The Morgan fingerprint density at radius 1 is 1.53 bits per heavy atom. The smallest absolute Gasteiger partial charge is 0.243 e. The number of aromatic amines is 1. The second kappa shape index (κ2) is 5.59. The summed E-state index contributed by atoms with van der Waals surface area (Å²) in [6.45, 7) is 4.04. The molecule has 1 aromatic carbocycles. The highest BCUT2D eigenvalue weighted by molar-refractivity contribution is 6.35. The molecule has 19 heavy (non-hydrogen) atoms. The van der Waals surface area contributed by atoms with Gasteiger partial charge in [-0.25, -0.2) is 4.98 Å². The number of fused-ring (bicyclic) bond motifs is 1. The molecule has 0 radical (unpaired) electrons. The van der Waals surface area contributed by atoms with Gasteiger partial charge in [0.15, 0.2) is 0 Å². The highest BCUT2D eigenvalue weighted by Crippen LogP contribution is 2.22. The maximum absolute atomic E-state index is 11.9. The third kappa shape index (κ3) is 3.24. The van der Waals surface area contributed by atoms with E-state index in [0.717, 1.165) is 5.52 Å². The Balaban J connectivity index is 2.13. The molecule has 0 aliphatic heterocycles. The lowest BCUT2D eigenvalue weighted by Crippen LogP contribution is -2.36. The van der Waals surface area contributed by atoms with Crippen LogP contribution in [0.4, 0.5) is 5.95 Å². The quantitative estimate of drug-likeness (QED) is 0.805.